The number of nitrogens with zero attached hydrogens (tertiary/aromatic N) is 3. The van der Waals surface area contributed by atoms with Crippen LogP contribution in [-0.4, -0.2) is 33.3 Å². The molecule has 0 spiro atoms. The fraction of sp³-hybridized carbons (Fsp3) is 0.375. The molecule has 126 valence electrons. The Morgan fingerprint density at radius 1 is 1.17 bits per heavy atom. The number of rotatable bonds is 3. The maximum Gasteiger partial charge on any atom is 0.525 e. The highest BCUT2D eigenvalue weighted by Crippen LogP contribution is 2.38. The van der Waals surface area contributed by atoms with E-state index in [0.717, 1.165) is 10.2 Å². The molecule has 1 aliphatic heterocycles. The van der Waals surface area contributed by atoms with Gasteiger partial charge in [-0.25, -0.2) is 9.07 Å². The quantitative estimate of drug-likeness (QED) is 0.740. The molecule has 0 aliphatic carbocycles. The SMILES string of the molecule is CC1(C)OB(C(F)=Cc2cn(-c3ccc(Br)cc3)nn2)OC1(C)C. The standard InChI is InChI=1S/C16H18BBrFN3O2/c1-15(2)16(3,4)24-17(23-15)14(19)9-12-10-22(21-20-12)13-7-5-11(18)6-8-13/h5-10H,1-4H3. The van der Waals surface area contributed by atoms with Crippen molar-refractivity contribution in [1.82, 2.24) is 15.0 Å². The lowest BCUT2D eigenvalue weighted by molar-refractivity contribution is 0.00578. The fourth-order valence-electron chi connectivity index (χ4n) is 2.23. The second-order valence-electron chi connectivity index (χ2n) is 6.68. The minimum atomic E-state index is -1.03. The van der Waals surface area contributed by atoms with Crippen LogP contribution in [0.4, 0.5) is 4.39 Å². The number of benzene rings is 1. The van der Waals surface area contributed by atoms with E-state index in [-0.39, 0.29) is 0 Å². The molecule has 1 aromatic heterocycles. The van der Waals surface area contributed by atoms with Gasteiger partial charge in [-0.3, -0.25) is 0 Å². The van der Waals surface area contributed by atoms with E-state index in [1.165, 1.54) is 6.08 Å². The van der Waals surface area contributed by atoms with Crippen molar-refractivity contribution in [2.75, 3.05) is 0 Å². The zero-order valence-electron chi connectivity index (χ0n) is 14.0. The molecule has 0 amide bonds. The molecule has 1 aromatic carbocycles. The number of hydrogen-bond donors (Lipinski definition) is 0. The Bertz CT molecular complexity index is 758. The van der Waals surface area contributed by atoms with Gasteiger partial charge in [0.05, 0.1) is 23.1 Å². The number of hydrogen-bond acceptors (Lipinski definition) is 4. The van der Waals surface area contributed by atoms with Gasteiger partial charge < -0.3 is 9.31 Å². The summed E-state index contributed by atoms with van der Waals surface area (Å²) in [6.07, 6.45) is 2.93. The van der Waals surface area contributed by atoms with E-state index in [9.17, 15) is 4.39 Å². The molecule has 0 bridgehead atoms. The average Bonchev–Trinajstić information content (AvgIpc) is 3.02. The van der Waals surface area contributed by atoms with Crippen molar-refractivity contribution < 1.29 is 13.7 Å². The minimum absolute atomic E-state index is 0.394. The Morgan fingerprint density at radius 2 is 1.75 bits per heavy atom. The Morgan fingerprint density at radius 3 is 2.33 bits per heavy atom. The Labute approximate surface area is 149 Å². The molecule has 2 aromatic rings. The second-order valence-corrected chi connectivity index (χ2v) is 7.60. The second kappa shape index (κ2) is 6.09. The zero-order chi connectivity index (χ0) is 17.5. The van der Waals surface area contributed by atoms with Crippen LogP contribution in [0.1, 0.15) is 33.4 Å². The summed E-state index contributed by atoms with van der Waals surface area (Å²) in [6, 6.07) is 7.57. The molecule has 1 saturated heterocycles. The molecular formula is C16H18BBrFN3O2. The number of halogens is 2. The predicted molar refractivity (Wildman–Crippen MR) is 94.2 cm³/mol. The van der Waals surface area contributed by atoms with Crippen LogP contribution in [0.3, 0.4) is 0 Å². The van der Waals surface area contributed by atoms with Gasteiger partial charge in [0.25, 0.3) is 0 Å². The summed E-state index contributed by atoms with van der Waals surface area (Å²) in [4.78, 5) is 0. The van der Waals surface area contributed by atoms with Gasteiger partial charge in [0, 0.05) is 4.47 Å². The highest BCUT2D eigenvalue weighted by Gasteiger charge is 2.53. The average molecular weight is 394 g/mol. The van der Waals surface area contributed by atoms with Gasteiger partial charge in [-0.05, 0) is 58.0 Å². The molecule has 0 N–H and O–H groups in total. The Balaban J connectivity index is 1.79. The summed E-state index contributed by atoms with van der Waals surface area (Å²) in [5, 5.41) is 7.98. The predicted octanol–water partition coefficient (Wildman–Crippen LogP) is 3.97. The van der Waals surface area contributed by atoms with Gasteiger partial charge in [-0.2, -0.15) is 0 Å². The lowest BCUT2D eigenvalue weighted by Crippen LogP contribution is -2.41. The largest absolute Gasteiger partial charge is 0.525 e. The zero-order valence-corrected chi connectivity index (χ0v) is 15.5. The third-order valence-electron chi connectivity index (χ3n) is 4.37. The Hall–Kier alpha value is -1.51. The summed E-state index contributed by atoms with van der Waals surface area (Å²) in [5.41, 5.74) is -0.474. The van der Waals surface area contributed by atoms with Crippen molar-refractivity contribution in [3.8, 4) is 5.69 Å². The van der Waals surface area contributed by atoms with Gasteiger partial charge >= 0.3 is 7.12 Å². The third-order valence-corrected chi connectivity index (χ3v) is 4.90. The highest BCUT2D eigenvalue weighted by molar-refractivity contribution is 9.10. The van der Waals surface area contributed by atoms with E-state index in [4.69, 9.17) is 9.31 Å². The van der Waals surface area contributed by atoms with E-state index in [1.807, 2.05) is 52.0 Å². The van der Waals surface area contributed by atoms with Gasteiger partial charge in [0.1, 0.15) is 11.4 Å². The first-order chi connectivity index (χ1) is 11.2. The van der Waals surface area contributed by atoms with E-state index in [1.54, 1.807) is 10.9 Å². The molecule has 0 radical (unpaired) electrons. The molecule has 3 rings (SSSR count). The third kappa shape index (κ3) is 3.31. The molecule has 24 heavy (non-hydrogen) atoms. The topological polar surface area (TPSA) is 49.2 Å². The van der Waals surface area contributed by atoms with Crippen LogP contribution in [0.2, 0.25) is 0 Å². The summed E-state index contributed by atoms with van der Waals surface area (Å²) in [7, 11) is -1.03. The van der Waals surface area contributed by atoms with E-state index >= 15 is 0 Å². The van der Waals surface area contributed by atoms with Crippen LogP contribution < -0.4 is 0 Å². The smallest absolute Gasteiger partial charge is 0.398 e. The van der Waals surface area contributed by atoms with Crippen molar-refractivity contribution in [2.45, 2.75) is 38.9 Å². The first-order valence-corrected chi connectivity index (χ1v) is 8.38. The van der Waals surface area contributed by atoms with Crippen molar-refractivity contribution in [2.24, 2.45) is 0 Å². The fourth-order valence-corrected chi connectivity index (χ4v) is 2.49. The van der Waals surface area contributed by atoms with Crippen molar-refractivity contribution in [3.05, 3.63) is 46.4 Å². The van der Waals surface area contributed by atoms with Gasteiger partial charge in [0.15, 0.2) is 0 Å². The van der Waals surface area contributed by atoms with Gasteiger partial charge in [-0.15, -0.1) is 5.10 Å². The van der Waals surface area contributed by atoms with Crippen molar-refractivity contribution in [3.63, 3.8) is 0 Å². The van der Waals surface area contributed by atoms with Gasteiger partial charge in [-0.1, -0.05) is 21.1 Å². The normalized spacial score (nSPS) is 19.8. The summed E-state index contributed by atoms with van der Waals surface area (Å²) in [6.45, 7) is 7.52. The maximum absolute atomic E-state index is 14.5. The first-order valence-electron chi connectivity index (χ1n) is 7.59. The lowest BCUT2D eigenvalue weighted by Gasteiger charge is -2.32. The van der Waals surface area contributed by atoms with E-state index in [2.05, 4.69) is 26.2 Å². The minimum Gasteiger partial charge on any atom is -0.398 e. The molecule has 0 saturated carbocycles. The van der Waals surface area contributed by atoms with Crippen molar-refractivity contribution in [1.29, 1.82) is 0 Å². The maximum atomic E-state index is 14.5. The molecule has 1 aliphatic rings. The van der Waals surface area contributed by atoms with Crippen LogP contribution in [0.5, 0.6) is 0 Å². The molecule has 0 unspecified atom stereocenters. The molecule has 1 fully saturated rings. The summed E-state index contributed by atoms with van der Waals surface area (Å²) < 4.78 is 28.4. The van der Waals surface area contributed by atoms with E-state index < -0.39 is 24.0 Å². The summed E-state index contributed by atoms with van der Waals surface area (Å²) >= 11 is 3.38. The van der Waals surface area contributed by atoms with E-state index in [0.29, 0.717) is 5.69 Å². The first kappa shape index (κ1) is 17.3. The van der Waals surface area contributed by atoms with Crippen LogP contribution in [-0.2, 0) is 9.31 Å². The monoisotopic (exact) mass is 393 g/mol. The molecule has 2 heterocycles. The van der Waals surface area contributed by atoms with Crippen molar-refractivity contribution >= 4 is 29.1 Å². The van der Waals surface area contributed by atoms with Crippen LogP contribution >= 0.6 is 15.9 Å². The van der Waals surface area contributed by atoms with Crippen LogP contribution in [0.15, 0.2) is 40.7 Å². The summed E-state index contributed by atoms with van der Waals surface area (Å²) in [5.74, 6) is 0. The molecule has 5 nitrogen and oxygen atoms in total. The lowest BCUT2D eigenvalue weighted by atomic mass is 9.87. The molecular weight excluding hydrogens is 376 g/mol. The molecule has 8 heteroatoms. The molecule has 0 atom stereocenters. The van der Waals surface area contributed by atoms with Crippen LogP contribution in [0, 0.1) is 0 Å². The highest BCUT2D eigenvalue weighted by atomic mass is 79.9. The Kier molecular flexibility index (Phi) is 4.40. The van der Waals surface area contributed by atoms with Gasteiger partial charge in [0.2, 0.25) is 0 Å². The number of aromatic nitrogens is 3. The van der Waals surface area contributed by atoms with Crippen LogP contribution in [0.25, 0.3) is 11.8 Å².